The molecule has 0 bridgehead atoms. The third kappa shape index (κ3) is 2.78. The molecular formula is C11H9Cl2N3O. The van der Waals surface area contributed by atoms with Crippen LogP contribution in [-0.2, 0) is 0 Å². The second-order valence-corrected chi connectivity index (χ2v) is 4.41. The number of carbonyl (C=O) groups is 1. The normalized spacial score (nSPS) is 10.3. The maximum atomic E-state index is 11.9. The maximum absolute atomic E-state index is 11.9. The molecule has 2 aromatic rings. The number of H-pyrrole nitrogens is 1. The van der Waals surface area contributed by atoms with Crippen LogP contribution in [-0.4, -0.2) is 16.1 Å². The fourth-order valence-corrected chi connectivity index (χ4v) is 1.92. The molecular weight excluding hydrogens is 261 g/mol. The maximum Gasteiger partial charge on any atom is 0.273 e. The number of amides is 1. The van der Waals surface area contributed by atoms with Crippen molar-refractivity contribution < 1.29 is 4.79 Å². The molecule has 0 saturated heterocycles. The molecule has 6 heteroatoms. The van der Waals surface area contributed by atoms with Crippen LogP contribution in [0.4, 0.5) is 5.69 Å². The minimum absolute atomic E-state index is 0.279. The van der Waals surface area contributed by atoms with Gasteiger partial charge >= 0.3 is 0 Å². The number of halogens is 2. The molecule has 2 rings (SSSR count). The lowest BCUT2D eigenvalue weighted by Gasteiger charge is -2.05. The zero-order valence-electron chi connectivity index (χ0n) is 8.92. The SMILES string of the molecule is Cc1cn[nH]c1C(=O)Nc1cc(Cl)cc(Cl)c1. The minimum atomic E-state index is -0.279. The molecule has 1 heterocycles. The number of aryl methyl sites for hydroxylation is 1. The molecule has 0 aliphatic heterocycles. The molecule has 1 amide bonds. The Hall–Kier alpha value is -1.52. The Morgan fingerprint density at radius 1 is 1.29 bits per heavy atom. The Morgan fingerprint density at radius 3 is 2.47 bits per heavy atom. The highest BCUT2D eigenvalue weighted by molar-refractivity contribution is 6.35. The van der Waals surface area contributed by atoms with Crippen molar-refractivity contribution in [3.05, 3.63) is 45.7 Å². The van der Waals surface area contributed by atoms with E-state index in [1.165, 1.54) is 0 Å². The standard InChI is InChI=1S/C11H9Cl2N3O/c1-6-5-14-16-10(6)11(17)15-9-3-7(12)2-8(13)4-9/h2-5H,1H3,(H,14,16)(H,15,17). The van der Waals surface area contributed by atoms with E-state index >= 15 is 0 Å². The number of carbonyl (C=O) groups excluding carboxylic acids is 1. The van der Waals surface area contributed by atoms with E-state index in [2.05, 4.69) is 15.5 Å². The molecule has 0 aliphatic rings. The quantitative estimate of drug-likeness (QED) is 0.879. The van der Waals surface area contributed by atoms with E-state index in [0.717, 1.165) is 5.56 Å². The van der Waals surface area contributed by atoms with Gasteiger partial charge in [0.15, 0.2) is 0 Å². The highest BCUT2D eigenvalue weighted by Crippen LogP contribution is 2.22. The van der Waals surface area contributed by atoms with Crippen molar-refractivity contribution in [2.45, 2.75) is 6.92 Å². The van der Waals surface area contributed by atoms with Gasteiger partial charge in [0.25, 0.3) is 5.91 Å². The Morgan fingerprint density at radius 2 is 1.94 bits per heavy atom. The average molecular weight is 270 g/mol. The van der Waals surface area contributed by atoms with Crippen LogP contribution in [0.5, 0.6) is 0 Å². The van der Waals surface area contributed by atoms with Gasteiger partial charge in [-0.2, -0.15) is 5.10 Å². The van der Waals surface area contributed by atoms with Gasteiger partial charge in [0.05, 0.1) is 6.20 Å². The topological polar surface area (TPSA) is 57.8 Å². The molecule has 17 heavy (non-hydrogen) atoms. The third-order valence-corrected chi connectivity index (χ3v) is 2.61. The van der Waals surface area contributed by atoms with Crippen LogP contribution in [0.3, 0.4) is 0 Å². The van der Waals surface area contributed by atoms with Gasteiger partial charge in [-0.3, -0.25) is 9.89 Å². The molecule has 0 unspecified atom stereocenters. The average Bonchev–Trinajstić information content (AvgIpc) is 2.62. The summed E-state index contributed by atoms with van der Waals surface area (Å²) in [6, 6.07) is 4.84. The van der Waals surface area contributed by atoms with E-state index < -0.39 is 0 Å². The molecule has 0 radical (unpaired) electrons. The molecule has 2 N–H and O–H groups in total. The van der Waals surface area contributed by atoms with Gasteiger partial charge in [-0.05, 0) is 30.7 Å². The molecule has 88 valence electrons. The minimum Gasteiger partial charge on any atom is -0.321 e. The Labute approximate surface area is 108 Å². The van der Waals surface area contributed by atoms with Crippen molar-refractivity contribution in [3.8, 4) is 0 Å². The van der Waals surface area contributed by atoms with Crippen LogP contribution in [0.25, 0.3) is 0 Å². The van der Waals surface area contributed by atoms with E-state index in [9.17, 15) is 4.79 Å². The van der Waals surface area contributed by atoms with Crippen LogP contribution in [0, 0.1) is 6.92 Å². The lowest BCUT2D eigenvalue weighted by atomic mass is 10.2. The Bertz CT molecular complexity index is 545. The highest BCUT2D eigenvalue weighted by Gasteiger charge is 2.11. The van der Waals surface area contributed by atoms with Gasteiger partial charge in [-0.25, -0.2) is 0 Å². The van der Waals surface area contributed by atoms with Gasteiger partial charge in [0.1, 0.15) is 5.69 Å². The van der Waals surface area contributed by atoms with Gasteiger partial charge in [-0.1, -0.05) is 23.2 Å². The van der Waals surface area contributed by atoms with E-state index in [0.29, 0.717) is 21.4 Å². The van der Waals surface area contributed by atoms with Crippen LogP contribution in [0.1, 0.15) is 16.1 Å². The summed E-state index contributed by atoms with van der Waals surface area (Å²) in [5.74, 6) is -0.279. The van der Waals surface area contributed by atoms with Crippen molar-refractivity contribution in [1.29, 1.82) is 0 Å². The third-order valence-electron chi connectivity index (χ3n) is 2.18. The fourth-order valence-electron chi connectivity index (χ4n) is 1.40. The molecule has 0 saturated carbocycles. The molecule has 0 atom stereocenters. The van der Waals surface area contributed by atoms with Gasteiger partial charge in [0.2, 0.25) is 0 Å². The lowest BCUT2D eigenvalue weighted by molar-refractivity contribution is 0.102. The molecule has 4 nitrogen and oxygen atoms in total. The predicted octanol–water partition coefficient (Wildman–Crippen LogP) is 3.28. The first-order valence-corrected chi connectivity index (χ1v) is 5.59. The number of rotatable bonds is 2. The smallest absolute Gasteiger partial charge is 0.273 e. The van der Waals surface area contributed by atoms with Crippen molar-refractivity contribution in [2.24, 2.45) is 0 Å². The first-order valence-electron chi connectivity index (χ1n) is 4.83. The van der Waals surface area contributed by atoms with Crippen molar-refractivity contribution >= 4 is 34.8 Å². The largest absolute Gasteiger partial charge is 0.321 e. The number of benzene rings is 1. The van der Waals surface area contributed by atoms with E-state index in [4.69, 9.17) is 23.2 Å². The van der Waals surface area contributed by atoms with Gasteiger partial charge in [-0.15, -0.1) is 0 Å². The zero-order chi connectivity index (χ0) is 12.4. The predicted molar refractivity (Wildman–Crippen MR) is 67.7 cm³/mol. The fraction of sp³-hybridized carbons (Fsp3) is 0.0909. The van der Waals surface area contributed by atoms with Crippen LogP contribution >= 0.6 is 23.2 Å². The van der Waals surface area contributed by atoms with Crippen LogP contribution in [0.15, 0.2) is 24.4 Å². The summed E-state index contributed by atoms with van der Waals surface area (Å²) in [6.07, 6.45) is 1.58. The monoisotopic (exact) mass is 269 g/mol. The summed E-state index contributed by atoms with van der Waals surface area (Å²) in [7, 11) is 0. The van der Waals surface area contributed by atoms with E-state index in [-0.39, 0.29) is 5.91 Å². The van der Waals surface area contributed by atoms with E-state index in [1.807, 2.05) is 0 Å². The first kappa shape index (κ1) is 12.0. The summed E-state index contributed by atoms with van der Waals surface area (Å²) in [6.45, 7) is 1.80. The summed E-state index contributed by atoms with van der Waals surface area (Å²) in [5, 5.41) is 10.0. The van der Waals surface area contributed by atoms with Crippen LogP contribution < -0.4 is 5.32 Å². The number of nitrogens with zero attached hydrogens (tertiary/aromatic N) is 1. The molecule has 1 aromatic carbocycles. The molecule has 0 fully saturated rings. The molecule has 1 aromatic heterocycles. The lowest BCUT2D eigenvalue weighted by Crippen LogP contribution is -2.13. The van der Waals surface area contributed by atoms with E-state index in [1.54, 1.807) is 31.3 Å². The first-order chi connectivity index (χ1) is 8.06. The number of aromatic nitrogens is 2. The number of aromatic amines is 1. The highest BCUT2D eigenvalue weighted by atomic mass is 35.5. The number of nitrogens with one attached hydrogen (secondary N) is 2. The summed E-state index contributed by atoms with van der Waals surface area (Å²) in [5.41, 5.74) is 1.73. The van der Waals surface area contributed by atoms with Gasteiger partial charge in [0, 0.05) is 15.7 Å². The summed E-state index contributed by atoms with van der Waals surface area (Å²) < 4.78 is 0. The zero-order valence-corrected chi connectivity index (χ0v) is 10.4. The second-order valence-electron chi connectivity index (χ2n) is 3.54. The Kier molecular flexibility index (Phi) is 3.36. The van der Waals surface area contributed by atoms with Crippen molar-refractivity contribution in [2.75, 3.05) is 5.32 Å². The second kappa shape index (κ2) is 4.77. The summed E-state index contributed by atoms with van der Waals surface area (Å²) in [4.78, 5) is 11.9. The molecule has 0 aliphatic carbocycles. The number of anilines is 1. The van der Waals surface area contributed by atoms with Crippen molar-refractivity contribution in [1.82, 2.24) is 10.2 Å². The molecule has 0 spiro atoms. The Balaban J connectivity index is 2.21. The van der Waals surface area contributed by atoms with Crippen molar-refractivity contribution in [3.63, 3.8) is 0 Å². The van der Waals surface area contributed by atoms with Gasteiger partial charge < -0.3 is 5.32 Å². The number of hydrogen-bond donors (Lipinski definition) is 2. The summed E-state index contributed by atoms with van der Waals surface area (Å²) >= 11 is 11.7. The van der Waals surface area contributed by atoms with Crippen LogP contribution in [0.2, 0.25) is 10.0 Å². The number of hydrogen-bond acceptors (Lipinski definition) is 2.